The largest absolute Gasteiger partial charge is 0.481 e. The maximum Gasteiger partial charge on any atom is 0.303 e. The summed E-state index contributed by atoms with van der Waals surface area (Å²) in [7, 11) is 0. The second-order valence-electron chi connectivity index (χ2n) is 3.93. The van der Waals surface area contributed by atoms with Crippen molar-refractivity contribution in [3.05, 3.63) is 34.0 Å². The number of rotatable bonds is 4. The number of benzene rings is 1. The lowest BCUT2D eigenvalue weighted by molar-refractivity contribution is -0.383. The zero-order valence-electron chi connectivity index (χ0n) is 9.34. The first-order valence-electron chi connectivity index (χ1n) is 5.24. The van der Waals surface area contributed by atoms with Crippen LogP contribution in [-0.4, -0.2) is 21.0 Å². The molecule has 0 saturated heterocycles. The Bertz CT molecular complexity index is 632. The molecule has 0 atom stereocenters. The number of aryl methyl sites for hydroxylation is 1. The predicted molar refractivity (Wildman–Crippen MR) is 65.3 cm³/mol. The van der Waals surface area contributed by atoms with E-state index in [9.17, 15) is 14.9 Å². The Labute approximate surface area is 101 Å². The molecule has 0 unspecified atom stereocenters. The van der Waals surface area contributed by atoms with Crippen molar-refractivity contribution in [2.75, 3.05) is 5.73 Å². The number of nitrogen functional groups attached to an aromatic ring is 1. The molecule has 0 amide bonds. The highest BCUT2D eigenvalue weighted by Gasteiger charge is 2.18. The van der Waals surface area contributed by atoms with Gasteiger partial charge in [0.2, 0.25) is 0 Å². The molecule has 1 heterocycles. The standard InChI is InChI=1S/C11H11N3O4/c12-7-3-8-11(9(4-7)14(17)18)6(5-13-8)1-2-10(15)16/h3-5,13H,1-2,12H2,(H,15,16). The number of nitrogens with zero attached hydrogens (tertiary/aromatic N) is 1. The van der Waals surface area contributed by atoms with E-state index in [1.165, 1.54) is 6.07 Å². The molecule has 2 rings (SSSR count). The van der Waals surface area contributed by atoms with E-state index in [0.29, 0.717) is 22.2 Å². The maximum atomic E-state index is 11.0. The lowest BCUT2D eigenvalue weighted by atomic mass is 10.1. The maximum absolute atomic E-state index is 11.0. The van der Waals surface area contributed by atoms with E-state index in [4.69, 9.17) is 10.8 Å². The monoisotopic (exact) mass is 249 g/mol. The van der Waals surface area contributed by atoms with Crippen molar-refractivity contribution in [1.29, 1.82) is 0 Å². The van der Waals surface area contributed by atoms with Crippen molar-refractivity contribution in [3.8, 4) is 0 Å². The molecule has 4 N–H and O–H groups in total. The Morgan fingerprint density at radius 1 is 1.50 bits per heavy atom. The van der Waals surface area contributed by atoms with Gasteiger partial charge in [-0.05, 0) is 18.1 Å². The molecule has 2 aromatic rings. The number of nitro groups is 1. The number of hydrogen-bond donors (Lipinski definition) is 3. The average Bonchev–Trinajstić information content (AvgIpc) is 2.67. The number of H-pyrrole nitrogens is 1. The molecule has 1 aromatic heterocycles. The first-order chi connectivity index (χ1) is 8.49. The Hall–Kier alpha value is -2.57. The molecule has 94 valence electrons. The van der Waals surface area contributed by atoms with E-state index >= 15 is 0 Å². The molecular formula is C11H11N3O4. The van der Waals surface area contributed by atoms with Crippen LogP contribution in [0, 0.1) is 10.1 Å². The molecule has 0 aliphatic carbocycles. The molecule has 1 aromatic carbocycles. The SMILES string of the molecule is Nc1cc([N+](=O)[O-])c2c(CCC(=O)O)c[nH]c2c1. The number of fused-ring (bicyclic) bond motifs is 1. The number of nitrogens with two attached hydrogens (primary N) is 1. The summed E-state index contributed by atoms with van der Waals surface area (Å²) in [6, 6.07) is 2.87. The Morgan fingerprint density at radius 3 is 2.83 bits per heavy atom. The molecule has 0 spiro atoms. The quantitative estimate of drug-likeness (QED) is 0.432. The van der Waals surface area contributed by atoms with Crippen LogP contribution >= 0.6 is 0 Å². The summed E-state index contributed by atoms with van der Waals surface area (Å²) in [6.45, 7) is 0. The van der Waals surface area contributed by atoms with Gasteiger partial charge < -0.3 is 15.8 Å². The zero-order valence-corrected chi connectivity index (χ0v) is 9.34. The summed E-state index contributed by atoms with van der Waals surface area (Å²) in [6.07, 6.45) is 1.74. The van der Waals surface area contributed by atoms with Gasteiger partial charge in [0.25, 0.3) is 5.69 Å². The van der Waals surface area contributed by atoms with Crippen LogP contribution in [0.5, 0.6) is 0 Å². The Morgan fingerprint density at radius 2 is 2.22 bits per heavy atom. The summed E-state index contributed by atoms with van der Waals surface area (Å²) in [5.74, 6) is -0.942. The van der Waals surface area contributed by atoms with Gasteiger partial charge in [0.15, 0.2) is 0 Å². The molecule has 7 nitrogen and oxygen atoms in total. The fourth-order valence-corrected chi connectivity index (χ4v) is 1.92. The highest BCUT2D eigenvalue weighted by atomic mass is 16.6. The third kappa shape index (κ3) is 2.10. The molecule has 0 aliphatic rings. The third-order valence-corrected chi connectivity index (χ3v) is 2.67. The molecule has 0 fully saturated rings. The van der Waals surface area contributed by atoms with E-state index in [2.05, 4.69) is 4.98 Å². The van der Waals surface area contributed by atoms with Gasteiger partial charge in [-0.25, -0.2) is 0 Å². The summed E-state index contributed by atoms with van der Waals surface area (Å²) in [4.78, 5) is 23.9. The summed E-state index contributed by atoms with van der Waals surface area (Å²) >= 11 is 0. The number of carbonyl (C=O) groups is 1. The van der Waals surface area contributed by atoms with Gasteiger partial charge in [-0.3, -0.25) is 14.9 Å². The molecule has 0 aliphatic heterocycles. The van der Waals surface area contributed by atoms with Crippen molar-refractivity contribution >= 4 is 28.2 Å². The van der Waals surface area contributed by atoms with E-state index in [0.717, 1.165) is 0 Å². The van der Waals surface area contributed by atoms with Crippen molar-refractivity contribution < 1.29 is 14.8 Å². The normalized spacial score (nSPS) is 10.7. The van der Waals surface area contributed by atoms with Gasteiger partial charge in [0.05, 0.1) is 15.8 Å². The third-order valence-electron chi connectivity index (χ3n) is 2.67. The predicted octanol–water partition coefficient (Wildman–Crippen LogP) is 1.68. The number of aromatic amines is 1. The second kappa shape index (κ2) is 4.36. The van der Waals surface area contributed by atoms with Crippen LogP contribution in [0.4, 0.5) is 11.4 Å². The van der Waals surface area contributed by atoms with Crippen LogP contribution in [0.3, 0.4) is 0 Å². The number of carboxylic acid groups (broad SMARTS) is 1. The van der Waals surface area contributed by atoms with Crippen LogP contribution in [0.25, 0.3) is 10.9 Å². The zero-order chi connectivity index (χ0) is 13.3. The number of nitrogens with one attached hydrogen (secondary N) is 1. The lowest BCUT2D eigenvalue weighted by Gasteiger charge is -2.00. The van der Waals surface area contributed by atoms with E-state index in [1.807, 2.05) is 0 Å². The van der Waals surface area contributed by atoms with Crippen molar-refractivity contribution in [3.63, 3.8) is 0 Å². The number of anilines is 1. The molecule has 0 bridgehead atoms. The number of aromatic nitrogens is 1. The number of non-ortho nitro benzene ring substituents is 1. The van der Waals surface area contributed by atoms with Crippen LogP contribution < -0.4 is 5.73 Å². The van der Waals surface area contributed by atoms with E-state index in [1.54, 1.807) is 12.3 Å². The molecule has 0 radical (unpaired) electrons. The van der Waals surface area contributed by atoms with Gasteiger partial charge in [-0.15, -0.1) is 0 Å². The number of hydrogen-bond acceptors (Lipinski definition) is 4. The van der Waals surface area contributed by atoms with Crippen LogP contribution in [0.15, 0.2) is 18.3 Å². The summed E-state index contributed by atoms with van der Waals surface area (Å²) in [5.41, 5.74) is 6.92. The summed E-state index contributed by atoms with van der Waals surface area (Å²) in [5, 5.41) is 20.0. The fraction of sp³-hybridized carbons (Fsp3) is 0.182. The molecule has 0 saturated carbocycles. The molecule has 7 heteroatoms. The van der Waals surface area contributed by atoms with Crippen molar-refractivity contribution in [2.45, 2.75) is 12.8 Å². The fourth-order valence-electron chi connectivity index (χ4n) is 1.92. The lowest BCUT2D eigenvalue weighted by Crippen LogP contribution is -1.98. The van der Waals surface area contributed by atoms with Crippen LogP contribution in [0.1, 0.15) is 12.0 Å². The minimum Gasteiger partial charge on any atom is -0.481 e. The average molecular weight is 249 g/mol. The number of nitro benzene ring substituents is 1. The minimum absolute atomic E-state index is 0.0749. The van der Waals surface area contributed by atoms with Gasteiger partial charge >= 0.3 is 5.97 Å². The topological polar surface area (TPSA) is 122 Å². The van der Waals surface area contributed by atoms with E-state index in [-0.39, 0.29) is 18.5 Å². The van der Waals surface area contributed by atoms with E-state index < -0.39 is 10.9 Å². The molecular weight excluding hydrogens is 238 g/mol. The number of aliphatic carboxylic acids is 1. The second-order valence-corrected chi connectivity index (χ2v) is 3.93. The van der Waals surface area contributed by atoms with Gasteiger partial charge in [0.1, 0.15) is 0 Å². The van der Waals surface area contributed by atoms with Gasteiger partial charge in [-0.2, -0.15) is 0 Å². The first-order valence-corrected chi connectivity index (χ1v) is 5.24. The highest BCUT2D eigenvalue weighted by Crippen LogP contribution is 2.31. The minimum atomic E-state index is -0.942. The first kappa shape index (κ1) is 11.9. The highest BCUT2D eigenvalue weighted by molar-refractivity contribution is 5.94. The van der Waals surface area contributed by atoms with Gasteiger partial charge in [-0.1, -0.05) is 0 Å². The van der Waals surface area contributed by atoms with Crippen LogP contribution in [-0.2, 0) is 11.2 Å². The summed E-state index contributed by atoms with van der Waals surface area (Å²) < 4.78 is 0. The van der Waals surface area contributed by atoms with Gasteiger partial charge in [0, 0.05) is 24.4 Å². The molecule has 18 heavy (non-hydrogen) atoms. The van der Waals surface area contributed by atoms with Crippen molar-refractivity contribution in [1.82, 2.24) is 4.98 Å². The number of carboxylic acids is 1. The Kier molecular flexibility index (Phi) is 2.88. The Balaban J connectivity index is 2.55. The van der Waals surface area contributed by atoms with Crippen LogP contribution in [0.2, 0.25) is 0 Å². The van der Waals surface area contributed by atoms with Crippen molar-refractivity contribution in [2.24, 2.45) is 0 Å². The smallest absolute Gasteiger partial charge is 0.303 e.